The van der Waals surface area contributed by atoms with Crippen molar-refractivity contribution in [3.05, 3.63) is 95.3 Å². The van der Waals surface area contributed by atoms with Gasteiger partial charge in [0.2, 0.25) is 5.91 Å². The second-order valence-electron chi connectivity index (χ2n) is 16.6. The molecule has 0 bridgehead atoms. The maximum absolute atomic E-state index is 13.7. The number of hydrogen-bond donors (Lipinski definition) is 5. The highest BCUT2D eigenvalue weighted by Gasteiger charge is 2.39. The van der Waals surface area contributed by atoms with Gasteiger partial charge in [-0.3, -0.25) is 9.69 Å². The van der Waals surface area contributed by atoms with E-state index >= 15 is 0 Å². The van der Waals surface area contributed by atoms with E-state index in [1.54, 1.807) is 6.92 Å². The highest BCUT2D eigenvalue weighted by atomic mass is 16.5. The number of rotatable bonds is 11. The SMILES string of the molecule is C[C@H]1C[C@@H](c2ncc(-c3cc4c5c(c3)OCc3cc(-c6cnc([C@@H]7C[C@H](C)CN7C(=O)[C@H](N)c7ccccc7)[nH]6)cc(c3-5)OC4)[nH]2)N(CC(NC(=O)O)[C@H](C)C=O)C1. The van der Waals surface area contributed by atoms with Crippen LogP contribution in [0.15, 0.2) is 67.0 Å². The lowest BCUT2D eigenvalue weighted by atomic mass is 9.87. The molecule has 4 aliphatic heterocycles. The number of hydrogen-bond acceptors (Lipinski definition) is 9. The number of carboxylic acid groups (broad SMARTS) is 1. The molecule has 2 saturated heterocycles. The first-order chi connectivity index (χ1) is 28.0. The van der Waals surface area contributed by atoms with Crippen molar-refractivity contribution in [3.8, 4) is 45.1 Å². The fourth-order valence-electron chi connectivity index (χ4n) is 9.30. The number of aldehydes is 1. The van der Waals surface area contributed by atoms with Crippen LogP contribution in [0.1, 0.15) is 80.1 Å². The largest absolute Gasteiger partial charge is 0.488 e. The smallest absolute Gasteiger partial charge is 0.404 e. The normalized spacial score (nSPS) is 22.4. The number of likely N-dealkylation sites (tertiary alicyclic amines) is 2. The molecule has 3 aromatic carbocycles. The van der Waals surface area contributed by atoms with E-state index in [0.717, 1.165) is 99.2 Å². The third kappa shape index (κ3) is 6.89. The van der Waals surface area contributed by atoms with Crippen molar-refractivity contribution in [2.24, 2.45) is 23.5 Å². The zero-order valence-electron chi connectivity index (χ0n) is 32.8. The molecule has 4 aliphatic rings. The number of aromatic amines is 2. The van der Waals surface area contributed by atoms with Gasteiger partial charge in [-0.1, -0.05) is 51.1 Å². The highest BCUT2D eigenvalue weighted by Crippen LogP contribution is 2.51. The van der Waals surface area contributed by atoms with E-state index in [1.807, 2.05) is 47.6 Å². The van der Waals surface area contributed by atoms with Gasteiger partial charge in [-0.2, -0.15) is 0 Å². The lowest BCUT2D eigenvalue weighted by molar-refractivity contribution is -0.134. The molecule has 300 valence electrons. The van der Waals surface area contributed by atoms with Gasteiger partial charge in [0, 0.05) is 58.9 Å². The molecule has 0 radical (unpaired) electrons. The monoisotopic (exact) mass is 784 g/mol. The van der Waals surface area contributed by atoms with Crippen LogP contribution in [0.4, 0.5) is 4.79 Å². The first kappa shape index (κ1) is 37.6. The van der Waals surface area contributed by atoms with Gasteiger partial charge in [0.25, 0.3) is 0 Å². The average Bonchev–Trinajstić information content (AvgIpc) is 4.05. The number of carbonyl (C=O) groups is 3. The lowest BCUT2D eigenvalue weighted by Gasteiger charge is -2.30. The van der Waals surface area contributed by atoms with Gasteiger partial charge in [-0.15, -0.1) is 0 Å². The number of nitrogens with two attached hydrogens (primary N) is 1. The van der Waals surface area contributed by atoms with E-state index in [-0.39, 0.29) is 18.0 Å². The molecule has 2 amide bonds. The first-order valence-corrected chi connectivity index (χ1v) is 20.0. The Labute approximate surface area is 336 Å². The Balaban J connectivity index is 0.950. The number of H-pyrrole nitrogens is 2. The Hall–Kier alpha value is -5.99. The molecule has 1 unspecified atom stereocenters. The molecule has 0 aliphatic carbocycles. The van der Waals surface area contributed by atoms with Crippen LogP contribution in [0.5, 0.6) is 11.5 Å². The number of benzene rings is 3. The second-order valence-corrected chi connectivity index (χ2v) is 16.6. The molecule has 14 nitrogen and oxygen atoms in total. The number of ether oxygens (including phenoxy) is 2. The predicted octanol–water partition coefficient (Wildman–Crippen LogP) is 6.38. The molecule has 9 rings (SSSR count). The number of nitrogens with zero attached hydrogens (tertiary/aromatic N) is 4. The fourth-order valence-corrected chi connectivity index (χ4v) is 9.30. The van der Waals surface area contributed by atoms with E-state index in [2.05, 4.69) is 58.3 Å². The summed E-state index contributed by atoms with van der Waals surface area (Å²) >= 11 is 0. The molecule has 2 aromatic heterocycles. The van der Waals surface area contributed by atoms with Crippen LogP contribution in [0.3, 0.4) is 0 Å². The van der Waals surface area contributed by atoms with Gasteiger partial charge in [0.15, 0.2) is 0 Å². The van der Waals surface area contributed by atoms with Gasteiger partial charge in [0.05, 0.1) is 41.9 Å². The van der Waals surface area contributed by atoms with Crippen LogP contribution in [0, 0.1) is 17.8 Å². The summed E-state index contributed by atoms with van der Waals surface area (Å²) in [6.07, 6.45) is 4.96. The summed E-state index contributed by atoms with van der Waals surface area (Å²) in [5.41, 5.74) is 14.9. The summed E-state index contributed by atoms with van der Waals surface area (Å²) < 4.78 is 12.9. The zero-order valence-corrected chi connectivity index (χ0v) is 32.8. The molecule has 14 heteroatoms. The summed E-state index contributed by atoms with van der Waals surface area (Å²) in [4.78, 5) is 57.5. The van der Waals surface area contributed by atoms with Crippen molar-refractivity contribution >= 4 is 18.3 Å². The van der Waals surface area contributed by atoms with Crippen molar-refractivity contribution in [2.45, 2.75) is 71.0 Å². The zero-order chi connectivity index (χ0) is 40.2. The maximum atomic E-state index is 13.7. The van der Waals surface area contributed by atoms with E-state index in [4.69, 9.17) is 25.2 Å². The van der Waals surface area contributed by atoms with Crippen LogP contribution in [0.25, 0.3) is 33.6 Å². The van der Waals surface area contributed by atoms with Crippen molar-refractivity contribution in [3.63, 3.8) is 0 Å². The summed E-state index contributed by atoms with van der Waals surface area (Å²) in [7, 11) is 0. The molecule has 2 fully saturated rings. The van der Waals surface area contributed by atoms with E-state index in [1.165, 1.54) is 0 Å². The third-order valence-electron chi connectivity index (χ3n) is 12.2. The number of amides is 2. The number of imidazole rings is 2. The van der Waals surface area contributed by atoms with Crippen LogP contribution in [-0.4, -0.2) is 78.8 Å². The maximum Gasteiger partial charge on any atom is 0.404 e. The Morgan fingerprint density at radius 3 is 2.05 bits per heavy atom. The Morgan fingerprint density at radius 1 is 0.897 bits per heavy atom. The average molecular weight is 785 g/mol. The standard InChI is InChI=1S/C44H48N8O6/c1-23-9-34(51(17-23)19-33(25(3)20-53)50-44(55)56)41-46-15-31(48-41)27-11-29-21-58-37-14-28(12-30-22-57-36(13-27)38(29)39(30)37)32-16-47-42(49-32)35-10-24(2)18-52(35)43(54)40(45)26-7-5-4-6-8-26/h4-8,11-16,20,23-25,33-35,40,50H,9-10,17-19,21-22,45H2,1-3H3,(H,46,48)(H,47,49)(H,55,56)/t23-,24-,25+,33?,34-,35-,40+/m0/s1. The minimum atomic E-state index is -1.14. The first-order valence-electron chi connectivity index (χ1n) is 20.0. The molecule has 7 atom stereocenters. The fraction of sp³-hybridized carbons (Fsp3) is 0.386. The van der Waals surface area contributed by atoms with Crippen LogP contribution in [0.2, 0.25) is 0 Å². The second kappa shape index (κ2) is 15.1. The van der Waals surface area contributed by atoms with E-state index in [9.17, 15) is 19.5 Å². The summed E-state index contributed by atoms with van der Waals surface area (Å²) in [6, 6.07) is 16.3. The number of nitrogens with one attached hydrogen (secondary N) is 3. The molecular weight excluding hydrogens is 737 g/mol. The number of carbonyl (C=O) groups excluding carboxylic acids is 2. The molecule has 58 heavy (non-hydrogen) atoms. The minimum absolute atomic E-state index is 0.0491. The van der Waals surface area contributed by atoms with E-state index < -0.39 is 24.1 Å². The van der Waals surface area contributed by atoms with Crippen LogP contribution >= 0.6 is 0 Å². The molecule has 0 saturated carbocycles. The van der Waals surface area contributed by atoms with Gasteiger partial charge in [-0.05, 0) is 54.5 Å². The molecule has 6 heterocycles. The van der Waals surface area contributed by atoms with Gasteiger partial charge in [-0.25, -0.2) is 14.8 Å². The van der Waals surface area contributed by atoms with Crippen LogP contribution in [-0.2, 0) is 22.8 Å². The van der Waals surface area contributed by atoms with Gasteiger partial charge >= 0.3 is 6.09 Å². The molecule has 0 spiro atoms. The predicted molar refractivity (Wildman–Crippen MR) is 216 cm³/mol. The minimum Gasteiger partial charge on any atom is -0.488 e. The third-order valence-corrected chi connectivity index (χ3v) is 12.2. The van der Waals surface area contributed by atoms with Crippen molar-refractivity contribution in [2.75, 3.05) is 19.6 Å². The Morgan fingerprint density at radius 2 is 1.47 bits per heavy atom. The number of aromatic nitrogens is 4. The molecular formula is C44H48N8O6. The van der Waals surface area contributed by atoms with E-state index in [0.29, 0.717) is 38.1 Å². The quantitative estimate of drug-likeness (QED) is 0.0939. The Bertz CT molecular complexity index is 2330. The summed E-state index contributed by atoms with van der Waals surface area (Å²) in [5.74, 6) is 3.22. The molecule has 6 N–H and O–H groups in total. The summed E-state index contributed by atoms with van der Waals surface area (Å²) in [5, 5.41) is 11.9. The van der Waals surface area contributed by atoms with Crippen molar-refractivity contribution in [1.29, 1.82) is 0 Å². The van der Waals surface area contributed by atoms with Gasteiger partial charge < -0.3 is 45.3 Å². The van der Waals surface area contributed by atoms with Crippen molar-refractivity contribution in [1.82, 2.24) is 35.1 Å². The Kier molecular flexibility index (Phi) is 9.76. The highest BCUT2D eigenvalue weighted by molar-refractivity contribution is 5.88. The van der Waals surface area contributed by atoms with Crippen LogP contribution < -0.4 is 20.5 Å². The molecule has 5 aromatic rings. The summed E-state index contributed by atoms with van der Waals surface area (Å²) in [6.45, 7) is 8.58. The van der Waals surface area contributed by atoms with Crippen molar-refractivity contribution < 1.29 is 29.0 Å². The topological polar surface area (TPSA) is 192 Å². The lowest BCUT2D eigenvalue weighted by Crippen LogP contribution is -2.47. The van der Waals surface area contributed by atoms with Gasteiger partial charge in [0.1, 0.15) is 48.7 Å².